The van der Waals surface area contributed by atoms with Gasteiger partial charge in [-0.05, 0) is 54.2 Å². The number of hydrogen-bond donors (Lipinski definition) is 1. The van der Waals surface area contributed by atoms with Crippen LogP contribution < -0.4 is 5.32 Å². The first-order chi connectivity index (χ1) is 9.78. The molecule has 0 saturated carbocycles. The maximum absolute atomic E-state index is 3.20. The summed E-state index contributed by atoms with van der Waals surface area (Å²) in [5.74, 6) is 0. The molecule has 0 atom stereocenters. The average molecular weight is 264 g/mol. The summed E-state index contributed by atoms with van der Waals surface area (Å²) in [6, 6.07) is 17.5. The number of aryl methyl sites for hydroxylation is 1. The molecule has 2 nitrogen and oxygen atoms in total. The second kappa shape index (κ2) is 5.51. The summed E-state index contributed by atoms with van der Waals surface area (Å²) in [6.07, 6.45) is 2.18. The Morgan fingerprint density at radius 1 is 1.05 bits per heavy atom. The van der Waals surface area contributed by atoms with Crippen LogP contribution in [0.5, 0.6) is 0 Å². The molecule has 0 unspecified atom stereocenters. The lowest BCUT2D eigenvalue weighted by molar-refractivity contribution is 0.816. The van der Waals surface area contributed by atoms with E-state index in [1.54, 1.807) is 0 Å². The Balaban J connectivity index is 1.95. The van der Waals surface area contributed by atoms with Crippen molar-refractivity contribution in [2.75, 3.05) is 7.05 Å². The molecular weight excluding hydrogens is 244 g/mol. The van der Waals surface area contributed by atoms with E-state index in [2.05, 4.69) is 71.5 Å². The van der Waals surface area contributed by atoms with Gasteiger partial charge in [0, 0.05) is 24.8 Å². The van der Waals surface area contributed by atoms with Crippen molar-refractivity contribution in [1.29, 1.82) is 0 Å². The quantitative estimate of drug-likeness (QED) is 0.760. The van der Waals surface area contributed by atoms with Crippen molar-refractivity contribution in [3.05, 3.63) is 71.4 Å². The van der Waals surface area contributed by atoms with E-state index in [1.807, 2.05) is 7.05 Å². The molecule has 0 radical (unpaired) electrons. The van der Waals surface area contributed by atoms with Gasteiger partial charge in [-0.1, -0.05) is 30.3 Å². The van der Waals surface area contributed by atoms with Gasteiger partial charge in [0.05, 0.1) is 0 Å². The monoisotopic (exact) mass is 264 g/mol. The highest BCUT2D eigenvalue weighted by molar-refractivity contribution is 5.81. The van der Waals surface area contributed by atoms with Gasteiger partial charge in [0.1, 0.15) is 0 Å². The molecule has 0 saturated heterocycles. The molecule has 20 heavy (non-hydrogen) atoms. The molecule has 102 valence electrons. The molecule has 3 aromatic rings. The first kappa shape index (κ1) is 12.9. The molecule has 0 aliphatic carbocycles. The third-order valence-electron chi connectivity index (χ3n) is 3.82. The van der Waals surface area contributed by atoms with Crippen LogP contribution in [0.3, 0.4) is 0 Å². The van der Waals surface area contributed by atoms with Crippen molar-refractivity contribution in [2.24, 2.45) is 0 Å². The van der Waals surface area contributed by atoms with Crippen LogP contribution in [0.4, 0.5) is 0 Å². The van der Waals surface area contributed by atoms with Crippen LogP contribution in [0.1, 0.15) is 16.7 Å². The van der Waals surface area contributed by atoms with E-state index in [1.165, 1.54) is 27.6 Å². The van der Waals surface area contributed by atoms with Crippen molar-refractivity contribution in [1.82, 2.24) is 9.88 Å². The Morgan fingerprint density at radius 2 is 1.90 bits per heavy atom. The lowest BCUT2D eigenvalue weighted by atomic mass is 10.1. The molecule has 2 aromatic carbocycles. The van der Waals surface area contributed by atoms with Crippen LogP contribution >= 0.6 is 0 Å². The van der Waals surface area contributed by atoms with Gasteiger partial charge >= 0.3 is 0 Å². The molecule has 0 spiro atoms. The summed E-state index contributed by atoms with van der Waals surface area (Å²) < 4.78 is 2.32. The molecule has 1 N–H and O–H groups in total. The van der Waals surface area contributed by atoms with E-state index in [4.69, 9.17) is 0 Å². The van der Waals surface area contributed by atoms with Crippen molar-refractivity contribution < 1.29 is 0 Å². The third-order valence-corrected chi connectivity index (χ3v) is 3.82. The third kappa shape index (κ3) is 2.47. The van der Waals surface area contributed by atoms with Gasteiger partial charge in [-0.15, -0.1) is 0 Å². The largest absolute Gasteiger partial charge is 0.343 e. The standard InChI is InChI=1S/C18H20N2/c1-14-5-3-4-6-17(14)13-20-10-9-16-11-15(12-19-2)7-8-18(16)20/h3-11,19H,12-13H2,1-2H3. The summed E-state index contributed by atoms with van der Waals surface area (Å²) in [5, 5.41) is 4.51. The number of rotatable bonds is 4. The maximum Gasteiger partial charge on any atom is 0.0483 e. The first-order valence-corrected chi connectivity index (χ1v) is 7.05. The minimum absolute atomic E-state index is 0.916. The fourth-order valence-electron chi connectivity index (χ4n) is 2.67. The number of benzene rings is 2. The molecule has 0 bridgehead atoms. The Bertz CT molecular complexity index is 725. The zero-order valence-electron chi connectivity index (χ0n) is 12.1. The molecule has 0 aliphatic heterocycles. The smallest absolute Gasteiger partial charge is 0.0483 e. The Hall–Kier alpha value is -2.06. The second-order valence-corrected chi connectivity index (χ2v) is 5.29. The van der Waals surface area contributed by atoms with Crippen molar-refractivity contribution in [3.8, 4) is 0 Å². The SMILES string of the molecule is CNCc1ccc2c(ccn2Cc2ccccc2C)c1. The number of aromatic nitrogens is 1. The van der Waals surface area contributed by atoms with Gasteiger partial charge in [-0.3, -0.25) is 0 Å². The predicted octanol–water partition coefficient (Wildman–Crippen LogP) is 3.72. The van der Waals surface area contributed by atoms with Crippen LogP contribution in [0.25, 0.3) is 10.9 Å². The average Bonchev–Trinajstić information content (AvgIpc) is 2.84. The van der Waals surface area contributed by atoms with Gasteiger partial charge in [-0.2, -0.15) is 0 Å². The number of nitrogens with zero attached hydrogens (tertiary/aromatic N) is 1. The fraction of sp³-hybridized carbons (Fsp3) is 0.222. The molecule has 1 heterocycles. The van der Waals surface area contributed by atoms with Gasteiger partial charge in [-0.25, -0.2) is 0 Å². The number of fused-ring (bicyclic) bond motifs is 1. The van der Waals surface area contributed by atoms with Crippen LogP contribution in [0, 0.1) is 6.92 Å². The zero-order chi connectivity index (χ0) is 13.9. The van der Waals surface area contributed by atoms with E-state index in [0.717, 1.165) is 13.1 Å². The first-order valence-electron chi connectivity index (χ1n) is 7.05. The molecule has 1 aromatic heterocycles. The minimum atomic E-state index is 0.916. The Labute approximate surface area is 120 Å². The van der Waals surface area contributed by atoms with Crippen molar-refractivity contribution >= 4 is 10.9 Å². The van der Waals surface area contributed by atoms with E-state index < -0.39 is 0 Å². The predicted molar refractivity (Wildman–Crippen MR) is 85.0 cm³/mol. The van der Waals surface area contributed by atoms with Crippen molar-refractivity contribution in [2.45, 2.75) is 20.0 Å². The zero-order valence-corrected chi connectivity index (χ0v) is 12.1. The topological polar surface area (TPSA) is 17.0 Å². The summed E-state index contributed by atoms with van der Waals surface area (Å²) in [5.41, 5.74) is 5.35. The highest BCUT2D eigenvalue weighted by atomic mass is 14.9. The molecule has 0 fully saturated rings. The summed E-state index contributed by atoms with van der Waals surface area (Å²) in [7, 11) is 1.98. The molecule has 2 heteroatoms. The van der Waals surface area contributed by atoms with E-state index in [-0.39, 0.29) is 0 Å². The minimum Gasteiger partial charge on any atom is -0.343 e. The van der Waals surface area contributed by atoms with Crippen molar-refractivity contribution in [3.63, 3.8) is 0 Å². The lowest BCUT2D eigenvalue weighted by Gasteiger charge is -2.09. The highest BCUT2D eigenvalue weighted by Crippen LogP contribution is 2.20. The normalized spacial score (nSPS) is 11.1. The van der Waals surface area contributed by atoms with Crippen LogP contribution in [0.2, 0.25) is 0 Å². The molecular formula is C18H20N2. The van der Waals surface area contributed by atoms with Gasteiger partial charge in [0.15, 0.2) is 0 Å². The van der Waals surface area contributed by atoms with E-state index >= 15 is 0 Å². The number of nitrogens with one attached hydrogen (secondary N) is 1. The van der Waals surface area contributed by atoms with Crippen LogP contribution in [-0.4, -0.2) is 11.6 Å². The fourth-order valence-corrected chi connectivity index (χ4v) is 2.67. The molecule has 0 aliphatic rings. The van der Waals surface area contributed by atoms with Gasteiger partial charge in [0.2, 0.25) is 0 Å². The van der Waals surface area contributed by atoms with Crippen LogP contribution in [0.15, 0.2) is 54.7 Å². The number of hydrogen-bond acceptors (Lipinski definition) is 1. The van der Waals surface area contributed by atoms with E-state index in [9.17, 15) is 0 Å². The summed E-state index contributed by atoms with van der Waals surface area (Å²) in [6.45, 7) is 4.02. The second-order valence-electron chi connectivity index (χ2n) is 5.29. The lowest BCUT2D eigenvalue weighted by Crippen LogP contribution is -2.04. The van der Waals surface area contributed by atoms with Crippen LogP contribution in [-0.2, 0) is 13.1 Å². The summed E-state index contributed by atoms with van der Waals surface area (Å²) >= 11 is 0. The molecule has 0 amide bonds. The molecule has 3 rings (SSSR count). The maximum atomic E-state index is 3.20. The Morgan fingerprint density at radius 3 is 2.70 bits per heavy atom. The summed E-state index contributed by atoms with van der Waals surface area (Å²) in [4.78, 5) is 0. The van der Waals surface area contributed by atoms with Gasteiger partial charge < -0.3 is 9.88 Å². The van der Waals surface area contributed by atoms with Gasteiger partial charge in [0.25, 0.3) is 0 Å². The highest BCUT2D eigenvalue weighted by Gasteiger charge is 2.04. The van der Waals surface area contributed by atoms with E-state index in [0.29, 0.717) is 0 Å². The Kier molecular flexibility index (Phi) is 3.57.